The molecule has 0 radical (unpaired) electrons. The Morgan fingerprint density at radius 2 is 1.61 bits per heavy atom. The minimum Gasteiger partial charge on any atom is -0.317 e. The SMILES string of the molecule is CCNCC1C(C)(C)C1(C)c1cc(C)cc(C)c1. The van der Waals surface area contributed by atoms with Crippen molar-refractivity contribution in [2.24, 2.45) is 11.3 Å². The lowest BCUT2D eigenvalue weighted by atomic mass is 9.87. The Kier molecular flexibility index (Phi) is 3.31. The highest BCUT2D eigenvalue weighted by Crippen LogP contribution is 2.68. The van der Waals surface area contributed by atoms with E-state index in [9.17, 15) is 0 Å². The predicted molar refractivity (Wildman–Crippen MR) is 79.1 cm³/mol. The van der Waals surface area contributed by atoms with Crippen LogP contribution in [0.25, 0.3) is 0 Å². The average molecular weight is 245 g/mol. The zero-order valence-electron chi connectivity index (χ0n) is 12.7. The zero-order chi connectivity index (χ0) is 13.6. The Balaban J connectivity index is 2.31. The van der Waals surface area contributed by atoms with Gasteiger partial charge in [-0.05, 0) is 43.8 Å². The summed E-state index contributed by atoms with van der Waals surface area (Å²) in [6.45, 7) is 16.0. The van der Waals surface area contributed by atoms with Gasteiger partial charge in [-0.3, -0.25) is 0 Å². The molecule has 1 saturated carbocycles. The van der Waals surface area contributed by atoms with Gasteiger partial charge < -0.3 is 5.32 Å². The molecule has 1 aliphatic carbocycles. The normalized spacial score (nSPS) is 29.3. The van der Waals surface area contributed by atoms with Crippen LogP contribution >= 0.6 is 0 Å². The van der Waals surface area contributed by atoms with Gasteiger partial charge in [-0.2, -0.15) is 0 Å². The van der Waals surface area contributed by atoms with Crippen LogP contribution in [0.5, 0.6) is 0 Å². The number of hydrogen-bond acceptors (Lipinski definition) is 1. The van der Waals surface area contributed by atoms with Crippen molar-refractivity contribution in [3.8, 4) is 0 Å². The second-order valence-corrected chi connectivity index (χ2v) is 6.66. The fourth-order valence-electron chi connectivity index (χ4n) is 3.70. The van der Waals surface area contributed by atoms with E-state index < -0.39 is 0 Å². The molecule has 0 heterocycles. The van der Waals surface area contributed by atoms with E-state index in [0.717, 1.165) is 19.0 Å². The Morgan fingerprint density at radius 1 is 1.06 bits per heavy atom. The van der Waals surface area contributed by atoms with Gasteiger partial charge in [-0.1, -0.05) is 57.0 Å². The number of benzene rings is 1. The maximum Gasteiger partial charge on any atom is 0.00252 e. The Bertz CT molecular complexity index is 427. The van der Waals surface area contributed by atoms with Crippen LogP contribution in [0.15, 0.2) is 18.2 Å². The summed E-state index contributed by atoms with van der Waals surface area (Å²) in [5, 5.41) is 3.52. The van der Waals surface area contributed by atoms with Gasteiger partial charge in [-0.25, -0.2) is 0 Å². The van der Waals surface area contributed by atoms with E-state index in [-0.39, 0.29) is 0 Å². The van der Waals surface area contributed by atoms with Crippen LogP contribution < -0.4 is 5.32 Å². The van der Waals surface area contributed by atoms with Crippen molar-refractivity contribution in [2.75, 3.05) is 13.1 Å². The van der Waals surface area contributed by atoms with E-state index in [2.05, 4.69) is 65.1 Å². The van der Waals surface area contributed by atoms with Gasteiger partial charge in [0.1, 0.15) is 0 Å². The first-order chi connectivity index (χ1) is 8.34. The summed E-state index contributed by atoms with van der Waals surface area (Å²) in [6, 6.07) is 7.02. The molecule has 2 atom stereocenters. The predicted octanol–water partition coefficient (Wildman–Crippen LogP) is 3.83. The van der Waals surface area contributed by atoms with E-state index >= 15 is 0 Å². The van der Waals surface area contributed by atoms with Crippen molar-refractivity contribution in [2.45, 2.75) is 47.0 Å². The topological polar surface area (TPSA) is 12.0 Å². The van der Waals surface area contributed by atoms with Crippen LogP contribution in [-0.4, -0.2) is 13.1 Å². The molecule has 1 N–H and O–H groups in total. The molecule has 0 aromatic heterocycles. The smallest absolute Gasteiger partial charge is 0.00252 e. The molecule has 1 aliphatic rings. The maximum absolute atomic E-state index is 3.52. The quantitative estimate of drug-likeness (QED) is 0.850. The molecule has 1 nitrogen and oxygen atoms in total. The Hall–Kier alpha value is -0.820. The van der Waals surface area contributed by atoms with Crippen LogP contribution in [0.2, 0.25) is 0 Å². The minimum atomic E-state index is 0.325. The van der Waals surface area contributed by atoms with Gasteiger partial charge >= 0.3 is 0 Å². The summed E-state index contributed by atoms with van der Waals surface area (Å²) in [7, 11) is 0. The third kappa shape index (κ3) is 1.89. The summed E-state index contributed by atoms with van der Waals surface area (Å²) in [6.07, 6.45) is 0. The van der Waals surface area contributed by atoms with Crippen molar-refractivity contribution in [1.82, 2.24) is 5.32 Å². The largest absolute Gasteiger partial charge is 0.317 e. The van der Waals surface area contributed by atoms with E-state index in [1.807, 2.05) is 0 Å². The molecule has 100 valence electrons. The van der Waals surface area contributed by atoms with Crippen molar-refractivity contribution in [1.29, 1.82) is 0 Å². The molecule has 2 rings (SSSR count). The Morgan fingerprint density at radius 3 is 2.11 bits per heavy atom. The monoisotopic (exact) mass is 245 g/mol. The fourth-order valence-corrected chi connectivity index (χ4v) is 3.70. The molecule has 18 heavy (non-hydrogen) atoms. The molecule has 0 amide bonds. The molecular formula is C17H27N. The third-order valence-corrected chi connectivity index (χ3v) is 5.24. The number of aryl methyl sites for hydroxylation is 2. The average Bonchev–Trinajstić information content (AvgIpc) is 2.70. The number of hydrogen-bond donors (Lipinski definition) is 1. The standard InChI is InChI=1S/C17H27N/c1-7-18-11-15-16(4,5)17(15,6)14-9-12(2)8-13(3)10-14/h8-10,15,18H,7,11H2,1-6H3. The van der Waals surface area contributed by atoms with Crippen LogP contribution in [0.3, 0.4) is 0 Å². The number of rotatable bonds is 4. The van der Waals surface area contributed by atoms with Gasteiger partial charge in [0.25, 0.3) is 0 Å². The lowest BCUT2D eigenvalue weighted by molar-refractivity contribution is 0.509. The number of nitrogens with one attached hydrogen (secondary N) is 1. The highest BCUT2D eigenvalue weighted by Gasteiger charge is 2.67. The fraction of sp³-hybridized carbons (Fsp3) is 0.647. The second-order valence-electron chi connectivity index (χ2n) is 6.66. The summed E-state index contributed by atoms with van der Waals surface area (Å²) in [5.41, 5.74) is 5.02. The molecule has 1 aromatic carbocycles. The highest BCUT2D eigenvalue weighted by molar-refractivity contribution is 5.43. The summed E-state index contributed by atoms with van der Waals surface area (Å²) in [5.74, 6) is 0.742. The molecule has 1 heteroatoms. The van der Waals surface area contributed by atoms with E-state index in [0.29, 0.717) is 10.8 Å². The molecule has 0 bridgehead atoms. The van der Waals surface area contributed by atoms with Crippen LogP contribution in [0.1, 0.15) is 44.4 Å². The molecule has 0 spiro atoms. The van der Waals surface area contributed by atoms with Crippen LogP contribution in [0, 0.1) is 25.2 Å². The zero-order valence-corrected chi connectivity index (χ0v) is 12.7. The molecular weight excluding hydrogens is 218 g/mol. The molecule has 2 unspecified atom stereocenters. The first kappa shape index (κ1) is 13.6. The lowest BCUT2D eigenvalue weighted by Gasteiger charge is -2.17. The second kappa shape index (κ2) is 4.38. The molecule has 1 aromatic rings. The van der Waals surface area contributed by atoms with E-state index in [1.165, 1.54) is 16.7 Å². The molecule has 1 fully saturated rings. The molecule has 0 aliphatic heterocycles. The first-order valence-corrected chi connectivity index (χ1v) is 7.13. The van der Waals surface area contributed by atoms with Crippen LogP contribution in [0.4, 0.5) is 0 Å². The van der Waals surface area contributed by atoms with Crippen molar-refractivity contribution < 1.29 is 0 Å². The first-order valence-electron chi connectivity index (χ1n) is 7.13. The van der Waals surface area contributed by atoms with Crippen molar-refractivity contribution >= 4 is 0 Å². The summed E-state index contributed by atoms with van der Waals surface area (Å²) >= 11 is 0. The highest BCUT2D eigenvalue weighted by atomic mass is 14.9. The van der Waals surface area contributed by atoms with Gasteiger partial charge in [-0.15, -0.1) is 0 Å². The summed E-state index contributed by atoms with van der Waals surface area (Å²) in [4.78, 5) is 0. The van der Waals surface area contributed by atoms with Crippen LogP contribution in [-0.2, 0) is 5.41 Å². The lowest BCUT2D eigenvalue weighted by Crippen LogP contribution is -2.19. The summed E-state index contributed by atoms with van der Waals surface area (Å²) < 4.78 is 0. The van der Waals surface area contributed by atoms with Gasteiger partial charge in [0.15, 0.2) is 0 Å². The Labute approximate surface area is 112 Å². The van der Waals surface area contributed by atoms with Gasteiger partial charge in [0.05, 0.1) is 0 Å². The van der Waals surface area contributed by atoms with E-state index in [4.69, 9.17) is 0 Å². The van der Waals surface area contributed by atoms with Crippen molar-refractivity contribution in [3.63, 3.8) is 0 Å². The van der Waals surface area contributed by atoms with Crippen molar-refractivity contribution in [3.05, 3.63) is 34.9 Å². The maximum atomic E-state index is 3.52. The third-order valence-electron chi connectivity index (χ3n) is 5.24. The molecule has 0 saturated heterocycles. The van der Waals surface area contributed by atoms with Gasteiger partial charge in [0, 0.05) is 5.41 Å². The van der Waals surface area contributed by atoms with Gasteiger partial charge in [0.2, 0.25) is 0 Å². The minimum absolute atomic E-state index is 0.325. The van der Waals surface area contributed by atoms with E-state index in [1.54, 1.807) is 0 Å².